The highest BCUT2D eigenvalue weighted by Crippen LogP contribution is 2.47. The van der Waals surface area contributed by atoms with Crippen LogP contribution in [-0.4, -0.2) is 88.3 Å². The molecule has 0 spiro atoms. The number of carbonyl (C=O) groups excluding carboxylic acids is 1. The highest BCUT2D eigenvalue weighted by molar-refractivity contribution is 5.89. The molecule has 154 valence electrons. The molecule has 1 saturated heterocycles. The van der Waals surface area contributed by atoms with E-state index in [0.29, 0.717) is 12.0 Å². The van der Waals surface area contributed by atoms with Crippen LogP contribution in [0.15, 0.2) is 11.8 Å². The standard InChI is InChI=1S/C17H26O10/c1-6-9(19)3-7-8(15(23)24-2)5-25-16(11(6)7)27-17-14(22)13(21)12(20)10(4-18)26-17/h5-7,9-14,16-22H,3-4H2,1-2H3/t6-,7+,9-,10+,11+,12+,13-,14+,16+,17-/m0/s1. The molecule has 0 bridgehead atoms. The quantitative estimate of drug-likeness (QED) is 0.336. The van der Waals surface area contributed by atoms with Gasteiger partial charge in [-0.25, -0.2) is 4.79 Å². The Morgan fingerprint density at radius 2 is 1.89 bits per heavy atom. The van der Waals surface area contributed by atoms with Gasteiger partial charge in [-0.2, -0.15) is 0 Å². The molecule has 3 rings (SSSR count). The highest BCUT2D eigenvalue weighted by atomic mass is 16.8. The van der Waals surface area contributed by atoms with Crippen molar-refractivity contribution in [1.82, 2.24) is 0 Å². The molecule has 10 heteroatoms. The van der Waals surface area contributed by atoms with Gasteiger partial charge in [-0.1, -0.05) is 6.92 Å². The van der Waals surface area contributed by atoms with Crippen molar-refractivity contribution in [2.24, 2.45) is 17.8 Å². The highest BCUT2D eigenvalue weighted by Gasteiger charge is 2.53. The van der Waals surface area contributed by atoms with E-state index in [2.05, 4.69) is 0 Å². The van der Waals surface area contributed by atoms with Gasteiger partial charge in [-0.05, 0) is 12.3 Å². The smallest absolute Gasteiger partial charge is 0.337 e. The zero-order valence-electron chi connectivity index (χ0n) is 15.0. The van der Waals surface area contributed by atoms with E-state index in [1.165, 1.54) is 13.4 Å². The lowest BCUT2D eigenvalue weighted by Crippen LogP contribution is -2.60. The maximum atomic E-state index is 12.0. The number of hydrogen-bond acceptors (Lipinski definition) is 10. The molecule has 2 aliphatic heterocycles. The predicted molar refractivity (Wildman–Crippen MR) is 86.6 cm³/mol. The summed E-state index contributed by atoms with van der Waals surface area (Å²) in [6.45, 7) is 1.21. The minimum Gasteiger partial charge on any atom is -0.472 e. The second-order valence-electron chi connectivity index (χ2n) is 7.25. The lowest BCUT2D eigenvalue weighted by Gasteiger charge is -2.43. The molecule has 2 fully saturated rings. The summed E-state index contributed by atoms with van der Waals surface area (Å²) >= 11 is 0. The topological polar surface area (TPSA) is 155 Å². The van der Waals surface area contributed by atoms with Crippen molar-refractivity contribution >= 4 is 5.97 Å². The second-order valence-corrected chi connectivity index (χ2v) is 7.25. The number of esters is 1. The van der Waals surface area contributed by atoms with Crippen LogP contribution >= 0.6 is 0 Å². The normalized spacial score (nSPS) is 47.0. The molecular formula is C17H26O10. The minimum absolute atomic E-state index is 0.279. The number of fused-ring (bicyclic) bond motifs is 1. The average molecular weight is 390 g/mol. The molecule has 0 unspecified atom stereocenters. The number of ether oxygens (including phenoxy) is 4. The zero-order chi connectivity index (χ0) is 19.9. The first kappa shape index (κ1) is 20.5. The number of aliphatic hydroxyl groups is 5. The Balaban J connectivity index is 1.80. The molecule has 0 aromatic heterocycles. The van der Waals surface area contributed by atoms with Crippen molar-refractivity contribution in [2.75, 3.05) is 13.7 Å². The number of hydrogen-bond donors (Lipinski definition) is 5. The first-order valence-electron chi connectivity index (χ1n) is 8.88. The van der Waals surface area contributed by atoms with E-state index in [1.807, 2.05) is 0 Å². The Bertz CT molecular complexity index is 578. The molecule has 2 heterocycles. The molecule has 0 aromatic rings. The molecule has 0 aromatic carbocycles. The van der Waals surface area contributed by atoms with E-state index in [-0.39, 0.29) is 11.8 Å². The summed E-state index contributed by atoms with van der Waals surface area (Å²) in [7, 11) is 1.25. The van der Waals surface area contributed by atoms with Crippen molar-refractivity contribution in [1.29, 1.82) is 0 Å². The lowest BCUT2D eigenvalue weighted by atomic mass is 9.83. The SMILES string of the molecule is COC(=O)C1=CO[C@H](O[C@@H]2O[C@H](CO)[C@@H](O)[C@H](O)[C@H]2O)[C@@H]2[C@@H](C)[C@@H](O)C[C@H]12. The molecule has 27 heavy (non-hydrogen) atoms. The van der Waals surface area contributed by atoms with E-state index in [4.69, 9.17) is 18.9 Å². The van der Waals surface area contributed by atoms with E-state index in [1.54, 1.807) is 6.92 Å². The van der Waals surface area contributed by atoms with E-state index >= 15 is 0 Å². The molecule has 0 amide bonds. The van der Waals surface area contributed by atoms with Gasteiger partial charge in [0, 0.05) is 11.8 Å². The van der Waals surface area contributed by atoms with Gasteiger partial charge in [-0.15, -0.1) is 0 Å². The van der Waals surface area contributed by atoms with Crippen LogP contribution in [0.2, 0.25) is 0 Å². The molecule has 10 nitrogen and oxygen atoms in total. The van der Waals surface area contributed by atoms with Crippen molar-refractivity contribution in [3.05, 3.63) is 11.8 Å². The van der Waals surface area contributed by atoms with Gasteiger partial charge < -0.3 is 44.5 Å². The molecule has 0 radical (unpaired) electrons. The fourth-order valence-electron chi connectivity index (χ4n) is 4.10. The van der Waals surface area contributed by atoms with E-state index < -0.39 is 61.6 Å². The third-order valence-corrected chi connectivity index (χ3v) is 5.75. The van der Waals surface area contributed by atoms with Crippen LogP contribution in [0.3, 0.4) is 0 Å². The van der Waals surface area contributed by atoms with Crippen LogP contribution < -0.4 is 0 Å². The third-order valence-electron chi connectivity index (χ3n) is 5.75. The van der Waals surface area contributed by atoms with Crippen LogP contribution in [-0.2, 0) is 23.7 Å². The van der Waals surface area contributed by atoms with Crippen LogP contribution in [0.25, 0.3) is 0 Å². The van der Waals surface area contributed by atoms with E-state index in [9.17, 15) is 30.3 Å². The van der Waals surface area contributed by atoms with Crippen molar-refractivity contribution < 1.29 is 49.3 Å². The minimum atomic E-state index is -1.58. The van der Waals surface area contributed by atoms with Gasteiger partial charge in [0.1, 0.15) is 24.4 Å². The van der Waals surface area contributed by atoms with Gasteiger partial charge in [0.15, 0.2) is 6.29 Å². The second kappa shape index (κ2) is 8.00. The van der Waals surface area contributed by atoms with Crippen molar-refractivity contribution in [2.45, 2.75) is 56.4 Å². The first-order valence-corrected chi connectivity index (χ1v) is 8.88. The molecule has 5 N–H and O–H groups in total. The third kappa shape index (κ3) is 3.58. The number of rotatable bonds is 4. The van der Waals surface area contributed by atoms with Crippen LogP contribution in [0.4, 0.5) is 0 Å². The monoisotopic (exact) mass is 390 g/mol. The summed E-state index contributed by atoms with van der Waals surface area (Å²) < 4.78 is 21.4. The van der Waals surface area contributed by atoms with Gasteiger partial charge >= 0.3 is 5.97 Å². The summed E-state index contributed by atoms with van der Waals surface area (Å²) in [6.07, 6.45) is -7.25. The largest absolute Gasteiger partial charge is 0.472 e. The van der Waals surface area contributed by atoms with Crippen molar-refractivity contribution in [3.8, 4) is 0 Å². The van der Waals surface area contributed by atoms with Crippen molar-refractivity contribution in [3.63, 3.8) is 0 Å². The molecule has 1 saturated carbocycles. The van der Waals surface area contributed by atoms with Crippen LogP contribution in [0.5, 0.6) is 0 Å². The maximum Gasteiger partial charge on any atom is 0.337 e. The Kier molecular flexibility index (Phi) is 6.06. The molecule has 1 aliphatic carbocycles. The van der Waals surface area contributed by atoms with Crippen LogP contribution in [0, 0.1) is 17.8 Å². The zero-order valence-corrected chi connectivity index (χ0v) is 15.0. The summed E-state index contributed by atoms with van der Waals surface area (Å²) in [4.78, 5) is 12.0. The molecule has 10 atom stereocenters. The van der Waals surface area contributed by atoms with Gasteiger partial charge in [0.25, 0.3) is 0 Å². The average Bonchev–Trinajstić information content (AvgIpc) is 2.96. The maximum absolute atomic E-state index is 12.0. The molecule has 3 aliphatic rings. The van der Waals surface area contributed by atoms with Gasteiger partial charge in [0.05, 0.1) is 31.7 Å². The Morgan fingerprint density at radius 3 is 2.52 bits per heavy atom. The van der Waals surface area contributed by atoms with Gasteiger partial charge in [0.2, 0.25) is 6.29 Å². The summed E-state index contributed by atoms with van der Waals surface area (Å²) in [5.41, 5.74) is 0.291. The summed E-state index contributed by atoms with van der Waals surface area (Å²) in [6, 6.07) is 0. The number of methoxy groups -OCH3 is 1. The predicted octanol–water partition coefficient (Wildman–Crippen LogP) is -2.15. The Morgan fingerprint density at radius 1 is 1.19 bits per heavy atom. The fraction of sp³-hybridized carbons (Fsp3) is 0.824. The van der Waals surface area contributed by atoms with Gasteiger partial charge in [-0.3, -0.25) is 0 Å². The summed E-state index contributed by atoms with van der Waals surface area (Å²) in [5.74, 6) is -1.63. The Labute approximate surface area is 155 Å². The number of aliphatic hydroxyl groups excluding tert-OH is 5. The fourth-order valence-corrected chi connectivity index (χ4v) is 4.10. The number of carbonyl (C=O) groups is 1. The summed E-state index contributed by atoms with van der Waals surface area (Å²) in [5, 5.41) is 49.4. The molecular weight excluding hydrogens is 364 g/mol. The lowest BCUT2D eigenvalue weighted by molar-refractivity contribution is -0.342. The Hall–Kier alpha value is -1.27. The first-order chi connectivity index (χ1) is 12.8. The van der Waals surface area contributed by atoms with E-state index in [0.717, 1.165) is 0 Å². The van der Waals surface area contributed by atoms with Crippen LogP contribution in [0.1, 0.15) is 13.3 Å².